The number of nitrogens with zero attached hydrogens (tertiary/aromatic N) is 3. The molecule has 2 amide bonds. The van der Waals surface area contributed by atoms with E-state index in [1.165, 1.54) is 12.5 Å². The van der Waals surface area contributed by atoms with Gasteiger partial charge in [0.05, 0.1) is 6.61 Å². The molecule has 5 N–H and O–H groups in total. The minimum Gasteiger partial charge on any atom is -0.398 e. The number of carbonyl (C=O) groups excluding carboxylic acids is 2. The van der Waals surface area contributed by atoms with Crippen molar-refractivity contribution in [1.29, 1.82) is 0 Å². The summed E-state index contributed by atoms with van der Waals surface area (Å²) in [5.74, 6) is -1.99. The van der Waals surface area contributed by atoms with Crippen molar-refractivity contribution >= 4 is 44.3 Å². The Morgan fingerprint density at radius 1 is 1.62 bits per heavy atom. The van der Waals surface area contributed by atoms with E-state index in [1.807, 2.05) is 0 Å². The molecule has 0 aromatic carbocycles. The van der Waals surface area contributed by atoms with Gasteiger partial charge in [-0.1, -0.05) is 5.16 Å². The number of carbonyl (C=O) groups is 2. The summed E-state index contributed by atoms with van der Waals surface area (Å²) in [5, 5.41) is 16.5. The third-order valence-electron chi connectivity index (χ3n) is 3.05. The smallest absolute Gasteiger partial charge is 0.362 e. The van der Waals surface area contributed by atoms with Crippen molar-refractivity contribution in [3.63, 3.8) is 0 Å². The average molecular weight is 379 g/mol. The van der Waals surface area contributed by atoms with Crippen molar-refractivity contribution in [2.75, 3.05) is 19.5 Å². The van der Waals surface area contributed by atoms with Crippen molar-refractivity contribution in [2.45, 2.75) is 12.1 Å². The van der Waals surface area contributed by atoms with E-state index in [2.05, 4.69) is 20.3 Å². The molecule has 1 aliphatic rings. The molecule has 0 aliphatic carbocycles. The highest BCUT2D eigenvalue weighted by Crippen LogP contribution is 2.23. The lowest BCUT2D eigenvalue weighted by Crippen LogP contribution is -2.73. The van der Waals surface area contributed by atoms with Gasteiger partial charge in [-0.25, -0.2) is 9.29 Å². The minimum atomic E-state index is -4.83. The van der Waals surface area contributed by atoms with Gasteiger partial charge in [0, 0.05) is 5.38 Å². The van der Waals surface area contributed by atoms with Gasteiger partial charge in [0.1, 0.15) is 24.9 Å². The third kappa shape index (κ3) is 3.30. The molecule has 24 heavy (non-hydrogen) atoms. The van der Waals surface area contributed by atoms with Gasteiger partial charge in [0.2, 0.25) is 0 Å². The zero-order valence-corrected chi connectivity index (χ0v) is 13.7. The summed E-state index contributed by atoms with van der Waals surface area (Å²) in [5.41, 5.74) is 5.28. The van der Waals surface area contributed by atoms with Crippen molar-refractivity contribution in [1.82, 2.24) is 14.6 Å². The fourth-order valence-corrected chi connectivity index (χ4v) is 3.46. The normalized spacial score (nSPS) is 21.4. The van der Waals surface area contributed by atoms with E-state index in [9.17, 15) is 23.1 Å². The number of nitrogen functional groups attached to an aromatic ring is 1. The Bertz CT molecular complexity index is 789. The van der Waals surface area contributed by atoms with Gasteiger partial charge in [0.25, 0.3) is 11.8 Å². The summed E-state index contributed by atoms with van der Waals surface area (Å²) in [7, 11) is -3.65. The van der Waals surface area contributed by atoms with Crippen LogP contribution in [0.3, 0.4) is 0 Å². The van der Waals surface area contributed by atoms with E-state index in [-0.39, 0.29) is 20.8 Å². The number of anilines is 1. The van der Waals surface area contributed by atoms with Crippen LogP contribution in [0, 0.1) is 0 Å². The van der Waals surface area contributed by atoms with Crippen LogP contribution in [0.2, 0.25) is 0 Å². The molecule has 12 nitrogen and oxygen atoms in total. The lowest BCUT2D eigenvalue weighted by molar-refractivity contribution is -0.146. The predicted octanol–water partition coefficient (Wildman–Crippen LogP) is -2.43. The lowest BCUT2D eigenvalue weighted by Gasteiger charge is -2.43. The Kier molecular flexibility index (Phi) is 5.02. The van der Waals surface area contributed by atoms with Gasteiger partial charge in [-0.05, 0) is 0 Å². The molecule has 0 bridgehead atoms. The van der Waals surface area contributed by atoms with Crippen LogP contribution in [0.5, 0.6) is 0 Å². The van der Waals surface area contributed by atoms with Crippen LogP contribution in [0.4, 0.5) is 5.13 Å². The van der Waals surface area contributed by atoms with Gasteiger partial charge in [-0.3, -0.25) is 14.1 Å². The quantitative estimate of drug-likeness (QED) is 0.180. The van der Waals surface area contributed by atoms with Crippen LogP contribution >= 0.6 is 11.3 Å². The second-order valence-electron chi connectivity index (χ2n) is 4.51. The number of rotatable bonds is 6. The number of hydrogen-bond acceptors (Lipinski definition) is 10. The summed E-state index contributed by atoms with van der Waals surface area (Å²) < 4.78 is 31.1. The van der Waals surface area contributed by atoms with Crippen molar-refractivity contribution in [3.8, 4) is 0 Å². The highest BCUT2D eigenvalue weighted by molar-refractivity contribution is 7.84. The van der Waals surface area contributed by atoms with E-state index >= 15 is 0 Å². The highest BCUT2D eigenvalue weighted by atomic mass is 32.2. The molecule has 1 aromatic rings. The zero-order valence-electron chi connectivity index (χ0n) is 12.1. The van der Waals surface area contributed by atoms with Crippen LogP contribution < -0.4 is 11.1 Å². The fourth-order valence-electron chi connectivity index (χ4n) is 2.04. The molecule has 132 valence electrons. The van der Waals surface area contributed by atoms with Crippen LogP contribution in [-0.4, -0.2) is 70.7 Å². The van der Waals surface area contributed by atoms with Crippen molar-refractivity contribution in [2.24, 2.45) is 5.16 Å². The number of nitrogens with two attached hydrogens (primary N) is 1. The summed E-state index contributed by atoms with van der Waals surface area (Å²) >= 11 is 1.05. The Labute approximate surface area is 139 Å². The molecule has 0 radical (unpaired) electrons. The number of aromatic nitrogens is 1. The zero-order chi connectivity index (χ0) is 18.1. The fraction of sp³-hybridized carbons (Fsp3) is 0.400. The van der Waals surface area contributed by atoms with Gasteiger partial charge >= 0.3 is 10.3 Å². The Balaban J connectivity index is 2.19. The van der Waals surface area contributed by atoms with Crippen LogP contribution in [-0.2, 0) is 24.7 Å². The van der Waals surface area contributed by atoms with Gasteiger partial charge in [-0.2, -0.15) is 8.42 Å². The van der Waals surface area contributed by atoms with Crippen LogP contribution in [0.1, 0.15) is 5.69 Å². The SMILES string of the molecule is CON=C(C(=O)NC1C(=O)N(S(=O)(=O)O)C1CO)c1csc(N)n1. The summed E-state index contributed by atoms with van der Waals surface area (Å²) in [6.45, 7) is -0.795. The maximum absolute atomic E-state index is 12.2. The lowest BCUT2D eigenvalue weighted by atomic mass is 9.99. The number of aliphatic hydroxyl groups is 1. The molecule has 1 aromatic heterocycles. The molecule has 1 saturated heterocycles. The molecular weight excluding hydrogens is 366 g/mol. The number of β-lactam (4-membered cyclic amide) rings is 1. The first-order chi connectivity index (χ1) is 11.2. The number of amides is 2. The third-order valence-corrected chi connectivity index (χ3v) is 4.68. The summed E-state index contributed by atoms with van der Waals surface area (Å²) in [6.07, 6.45) is 0. The molecule has 2 rings (SSSR count). The molecule has 2 heterocycles. The number of oxime groups is 1. The van der Waals surface area contributed by atoms with E-state index in [1.54, 1.807) is 0 Å². The number of aliphatic hydroxyl groups excluding tert-OH is 1. The summed E-state index contributed by atoms with van der Waals surface area (Å²) in [6, 6.07) is -2.69. The van der Waals surface area contributed by atoms with E-state index < -0.39 is 40.8 Å². The molecule has 2 unspecified atom stereocenters. The summed E-state index contributed by atoms with van der Waals surface area (Å²) in [4.78, 5) is 32.4. The standard InChI is InChI=1S/C10H13N5O7S2/c1-22-14-6(4-3-23-10(11)12-4)8(17)13-7-5(2-16)15(9(7)18)24(19,20)21/h3,5,7,16H,2H2,1H3,(H2,11,12)(H,13,17)(H,19,20,21). The van der Waals surface area contributed by atoms with Crippen LogP contribution in [0.25, 0.3) is 0 Å². The molecule has 2 atom stereocenters. The van der Waals surface area contributed by atoms with Crippen LogP contribution in [0.15, 0.2) is 10.5 Å². The Morgan fingerprint density at radius 2 is 2.29 bits per heavy atom. The Hall–Kier alpha value is -2.29. The maximum Gasteiger partial charge on any atom is 0.362 e. The topological polar surface area (TPSA) is 185 Å². The molecule has 1 aliphatic heterocycles. The largest absolute Gasteiger partial charge is 0.398 e. The number of thiazole rings is 1. The highest BCUT2D eigenvalue weighted by Gasteiger charge is 2.53. The number of hydrogen-bond donors (Lipinski definition) is 4. The molecule has 0 saturated carbocycles. The molecule has 0 spiro atoms. The van der Waals surface area contributed by atoms with E-state index in [4.69, 9.17) is 10.3 Å². The first kappa shape index (κ1) is 18.1. The van der Waals surface area contributed by atoms with E-state index in [0.29, 0.717) is 0 Å². The average Bonchev–Trinajstić information content (AvgIpc) is 2.91. The monoisotopic (exact) mass is 379 g/mol. The molecular formula is C10H13N5O7S2. The minimum absolute atomic E-state index is 0.0753. The van der Waals surface area contributed by atoms with Gasteiger partial charge < -0.3 is 21.0 Å². The molecule has 1 fully saturated rings. The molecule has 14 heteroatoms. The van der Waals surface area contributed by atoms with Crippen molar-refractivity contribution < 1.29 is 32.5 Å². The van der Waals surface area contributed by atoms with Gasteiger partial charge in [0.15, 0.2) is 10.8 Å². The Morgan fingerprint density at radius 3 is 2.75 bits per heavy atom. The van der Waals surface area contributed by atoms with Crippen molar-refractivity contribution in [3.05, 3.63) is 11.1 Å². The predicted molar refractivity (Wildman–Crippen MR) is 81.3 cm³/mol. The van der Waals surface area contributed by atoms with Gasteiger partial charge in [-0.15, -0.1) is 11.3 Å². The second kappa shape index (κ2) is 6.68. The first-order valence-corrected chi connectivity index (χ1v) is 8.53. The number of nitrogens with one attached hydrogen (secondary N) is 1. The first-order valence-electron chi connectivity index (χ1n) is 6.25. The second-order valence-corrected chi connectivity index (χ2v) is 6.69. The van der Waals surface area contributed by atoms with E-state index in [0.717, 1.165) is 11.3 Å². The maximum atomic E-state index is 12.2.